The number of rotatable bonds is 3. The van der Waals surface area contributed by atoms with Crippen LogP contribution >= 0.6 is 15.9 Å². The molecule has 0 aliphatic rings. The Bertz CT molecular complexity index is 442. The number of aromatic nitrogens is 1. The number of hydrogen-bond acceptors (Lipinski definition) is 3. The van der Waals surface area contributed by atoms with Crippen molar-refractivity contribution >= 4 is 21.6 Å². The Morgan fingerprint density at radius 2 is 2.12 bits per heavy atom. The van der Waals surface area contributed by atoms with Gasteiger partial charge in [-0.15, -0.1) is 0 Å². The molecule has 0 spiro atoms. The summed E-state index contributed by atoms with van der Waals surface area (Å²) < 4.78 is 0.961. The van der Waals surface area contributed by atoms with Gasteiger partial charge in [-0.1, -0.05) is 6.07 Å². The number of nitrogens with zero attached hydrogens (tertiary/aromatic N) is 1. The summed E-state index contributed by atoms with van der Waals surface area (Å²) in [7, 11) is 0. The van der Waals surface area contributed by atoms with Crippen LogP contribution in [-0.4, -0.2) is 10.1 Å². The minimum Gasteiger partial charge on any atom is -0.508 e. The maximum absolute atomic E-state index is 9.29. The molecular formula is C12H11BrN2O. The highest BCUT2D eigenvalue weighted by molar-refractivity contribution is 9.10. The van der Waals surface area contributed by atoms with Crippen molar-refractivity contribution in [3.05, 3.63) is 52.8 Å². The van der Waals surface area contributed by atoms with Crippen LogP contribution in [0.15, 0.2) is 47.2 Å². The summed E-state index contributed by atoms with van der Waals surface area (Å²) in [6.07, 6.45) is 3.55. The number of aromatic hydroxyl groups is 1. The SMILES string of the molecule is Oc1cccc(NCc2cncc(Br)c2)c1. The van der Waals surface area contributed by atoms with E-state index in [0.717, 1.165) is 15.7 Å². The van der Waals surface area contributed by atoms with Crippen molar-refractivity contribution in [2.75, 3.05) is 5.32 Å². The van der Waals surface area contributed by atoms with Gasteiger partial charge in [0.2, 0.25) is 0 Å². The van der Waals surface area contributed by atoms with Gasteiger partial charge < -0.3 is 10.4 Å². The molecule has 0 amide bonds. The lowest BCUT2D eigenvalue weighted by molar-refractivity contribution is 0.475. The Kier molecular flexibility index (Phi) is 3.41. The monoisotopic (exact) mass is 278 g/mol. The molecule has 2 N–H and O–H groups in total. The molecule has 0 saturated carbocycles. The number of anilines is 1. The first-order chi connectivity index (χ1) is 7.74. The van der Waals surface area contributed by atoms with Crippen LogP contribution < -0.4 is 5.32 Å². The Balaban J connectivity index is 2.02. The van der Waals surface area contributed by atoms with Gasteiger partial charge in [0.15, 0.2) is 0 Å². The number of hydrogen-bond donors (Lipinski definition) is 2. The zero-order valence-electron chi connectivity index (χ0n) is 8.52. The van der Waals surface area contributed by atoms with Crippen LogP contribution in [0, 0.1) is 0 Å². The van der Waals surface area contributed by atoms with Crippen LogP contribution in [0.1, 0.15) is 5.56 Å². The van der Waals surface area contributed by atoms with Gasteiger partial charge in [0.25, 0.3) is 0 Å². The van der Waals surface area contributed by atoms with Crippen LogP contribution in [0.25, 0.3) is 0 Å². The topological polar surface area (TPSA) is 45.1 Å². The smallest absolute Gasteiger partial charge is 0.117 e. The summed E-state index contributed by atoms with van der Waals surface area (Å²) in [5, 5.41) is 12.5. The lowest BCUT2D eigenvalue weighted by atomic mass is 10.2. The fourth-order valence-corrected chi connectivity index (χ4v) is 1.78. The molecule has 2 aromatic rings. The van der Waals surface area contributed by atoms with Gasteiger partial charge in [0, 0.05) is 35.2 Å². The molecule has 1 heterocycles. The number of nitrogens with one attached hydrogen (secondary N) is 1. The molecule has 0 unspecified atom stereocenters. The highest BCUT2D eigenvalue weighted by Crippen LogP contribution is 2.16. The van der Waals surface area contributed by atoms with E-state index in [2.05, 4.69) is 26.2 Å². The lowest BCUT2D eigenvalue weighted by Gasteiger charge is -2.06. The van der Waals surface area contributed by atoms with Crippen molar-refractivity contribution < 1.29 is 5.11 Å². The molecule has 1 aromatic carbocycles. The van der Waals surface area contributed by atoms with Crippen molar-refractivity contribution in [1.29, 1.82) is 0 Å². The molecule has 1 aromatic heterocycles. The molecule has 0 fully saturated rings. The maximum atomic E-state index is 9.29. The Morgan fingerprint density at radius 1 is 1.25 bits per heavy atom. The molecule has 0 saturated heterocycles. The number of phenols is 1. The second kappa shape index (κ2) is 4.99. The zero-order chi connectivity index (χ0) is 11.4. The first-order valence-corrected chi connectivity index (χ1v) is 5.66. The molecule has 4 heteroatoms. The molecule has 0 atom stereocenters. The third-order valence-electron chi connectivity index (χ3n) is 2.10. The number of halogens is 1. The predicted octanol–water partition coefficient (Wildman–Crippen LogP) is 3.16. The number of pyridine rings is 1. The van der Waals surface area contributed by atoms with Gasteiger partial charge in [0.1, 0.15) is 5.75 Å². The molecule has 82 valence electrons. The quantitative estimate of drug-likeness (QED) is 0.907. The summed E-state index contributed by atoms with van der Waals surface area (Å²) in [6, 6.07) is 9.04. The summed E-state index contributed by atoms with van der Waals surface area (Å²) in [4.78, 5) is 4.08. The van der Waals surface area contributed by atoms with E-state index < -0.39 is 0 Å². The minimum atomic E-state index is 0.261. The van der Waals surface area contributed by atoms with Gasteiger partial charge in [-0.05, 0) is 39.7 Å². The summed E-state index contributed by atoms with van der Waals surface area (Å²) in [5.74, 6) is 0.261. The van der Waals surface area contributed by atoms with Gasteiger partial charge in [0.05, 0.1) is 0 Å². The van der Waals surface area contributed by atoms with Crippen molar-refractivity contribution in [1.82, 2.24) is 4.98 Å². The Morgan fingerprint density at radius 3 is 2.88 bits per heavy atom. The predicted molar refractivity (Wildman–Crippen MR) is 67.4 cm³/mol. The lowest BCUT2D eigenvalue weighted by Crippen LogP contribution is -1.99. The van der Waals surface area contributed by atoms with E-state index in [1.165, 1.54) is 0 Å². The standard InChI is InChI=1S/C12H11BrN2O/c13-10-4-9(6-14-8-10)7-15-11-2-1-3-12(16)5-11/h1-6,8,15-16H,7H2. The molecule has 0 aliphatic heterocycles. The van der Waals surface area contributed by atoms with Gasteiger partial charge in [-0.25, -0.2) is 0 Å². The Labute approximate surface area is 102 Å². The number of benzene rings is 1. The van der Waals surface area contributed by atoms with Crippen molar-refractivity contribution in [3.63, 3.8) is 0 Å². The van der Waals surface area contributed by atoms with E-state index in [-0.39, 0.29) is 5.75 Å². The van der Waals surface area contributed by atoms with E-state index in [4.69, 9.17) is 0 Å². The summed E-state index contributed by atoms with van der Waals surface area (Å²) in [6.45, 7) is 0.676. The molecule has 3 nitrogen and oxygen atoms in total. The van der Waals surface area contributed by atoms with E-state index in [9.17, 15) is 5.11 Å². The van der Waals surface area contributed by atoms with Crippen LogP contribution in [0.3, 0.4) is 0 Å². The van der Waals surface area contributed by atoms with Crippen molar-refractivity contribution in [2.45, 2.75) is 6.54 Å². The Hall–Kier alpha value is -1.55. The molecule has 16 heavy (non-hydrogen) atoms. The average Bonchev–Trinajstić information content (AvgIpc) is 2.27. The van der Waals surface area contributed by atoms with Crippen LogP contribution in [-0.2, 0) is 6.54 Å². The van der Waals surface area contributed by atoms with E-state index in [1.54, 1.807) is 30.6 Å². The zero-order valence-corrected chi connectivity index (χ0v) is 10.1. The second-order valence-corrected chi connectivity index (χ2v) is 4.33. The van der Waals surface area contributed by atoms with Crippen LogP contribution in [0.4, 0.5) is 5.69 Å². The van der Waals surface area contributed by atoms with Crippen molar-refractivity contribution in [3.8, 4) is 5.75 Å². The van der Waals surface area contributed by atoms with Gasteiger partial charge in [-0.3, -0.25) is 4.98 Å². The molecule has 0 radical (unpaired) electrons. The highest BCUT2D eigenvalue weighted by atomic mass is 79.9. The van der Waals surface area contributed by atoms with Crippen LogP contribution in [0.5, 0.6) is 5.75 Å². The normalized spacial score (nSPS) is 10.1. The third-order valence-corrected chi connectivity index (χ3v) is 2.54. The molecular weight excluding hydrogens is 268 g/mol. The third kappa shape index (κ3) is 2.97. The minimum absolute atomic E-state index is 0.261. The van der Waals surface area contributed by atoms with Gasteiger partial charge >= 0.3 is 0 Å². The van der Waals surface area contributed by atoms with Crippen molar-refractivity contribution in [2.24, 2.45) is 0 Å². The van der Waals surface area contributed by atoms with Crippen LogP contribution in [0.2, 0.25) is 0 Å². The second-order valence-electron chi connectivity index (χ2n) is 3.42. The fraction of sp³-hybridized carbons (Fsp3) is 0.0833. The first-order valence-electron chi connectivity index (χ1n) is 4.86. The molecule has 0 aliphatic carbocycles. The summed E-state index contributed by atoms with van der Waals surface area (Å²) in [5.41, 5.74) is 1.97. The van der Waals surface area contributed by atoms with E-state index in [0.29, 0.717) is 6.54 Å². The maximum Gasteiger partial charge on any atom is 0.117 e. The number of phenolic OH excluding ortho intramolecular Hbond substituents is 1. The van der Waals surface area contributed by atoms with E-state index in [1.807, 2.05) is 12.1 Å². The average molecular weight is 279 g/mol. The largest absolute Gasteiger partial charge is 0.508 e. The van der Waals surface area contributed by atoms with E-state index >= 15 is 0 Å². The fourth-order valence-electron chi connectivity index (χ4n) is 1.37. The van der Waals surface area contributed by atoms with Gasteiger partial charge in [-0.2, -0.15) is 0 Å². The summed E-state index contributed by atoms with van der Waals surface area (Å²) >= 11 is 3.37. The molecule has 0 bridgehead atoms. The highest BCUT2D eigenvalue weighted by Gasteiger charge is 1.96. The first kappa shape index (κ1) is 11.0. The molecule has 2 rings (SSSR count).